The lowest BCUT2D eigenvalue weighted by atomic mass is 10.1. The van der Waals surface area contributed by atoms with Crippen LogP contribution in [0.25, 0.3) is 10.9 Å². The van der Waals surface area contributed by atoms with Gasteiger partial charge in [0.2, 0.25) is 0 Å². The minimum Gasteiger partial charge on any atom is -0.361 e. The van der Waals surface area contributed by atoms with Gasteiger partial charge < -0.3 is 14.9 Å². The van der Waals surface area contributed by atoms with Crippen LogP contribution in [0.15, 0.2) is 42.9 Å². The first-order valence-corrected chi connectivity index (χ1v) is 7.78. The summed E-state index contributed by atoms with van der Waals surface area (Å²) >= 11 is 0. The number of fused-ring (bicyclic) bond motifs is 1. The maximum atomic E-state index is 12.9. The zero-order valence-electron chi connectivity index (χ0n) is 13.0. The van der Waals surface area contributed by atoms with Crippen LogP contribution in [0.3, 0.4) is 0 Å². The largest absolute Gasteiger partial charge is 0.361 e. The van der Waals surface area contributed by atoms with Crippen LogP contribution in [0.5, 0.6) is 0 Å². The van der Waals surface area contributed by atoms with Crippen molar-refractivity contribution in [2.45, 2.75) is 6.04 Å². The number of nitrogens with one attached hydrogen (secondary N) is 2. The lowest BCUT2D eigenvalue weighted by molar-refractivity contribution is 0.0534. The smallest absolute Gasteiger partial charge is 0.254 e. The molecule has 0 radical (unpaired) electrons. The van der Waals surface area contributed by atoms with Crippen molar-refractivity contribution < 1.29 is 4.79 Å². The van der Waals surface area contributed by atoms with Crippen LogP contribution in [0.2, 0.25) is 0 Å². The third-order valence-corrected chi connectivity index (χ3v) is 4.57. The third-order valence-electron chi connectivity index (χ3n) is 4.57. The summed E-state index contributed by atoms with van der Waals surface area (Å²) in [6, 6.07) is 7.93. The zero-order chi connectivity index (χ0) is 15.8. The Bertz CT molecular complexity index is 823. The molecule has 3 aromatic rings. The van der Waals surface area contributed by atoms with Gasteiger partial charge in [-0.25, -0.2) is 4.98 Å². The van der Waals surface area contributed by atoms with Gasteiger partial charge >= 0.3 is 0 Å². The molecule has 1 fully saturated rings. The van der Waals surface area contributed by atoms with E-state index in [-0.39, 0.29) is 11.9 Å². The van der Waals surface area contributed by atoms with E-state index in [1.165, 1.54) is 0 Å². The number of likely N-dealkylation sites (N-methyl/N-ethyl adjacent to an activating group) is 1. The number of aromatic amines is 2. The molecular weight excluding hydrogens is 290 g/mol. The zero-order valence-corrected chi connectivity index (χ0v) is 13.0. The number of carbonyl (C=O) groups excluding carboxylic acids is 1. The van der Waals surface area contributed by atoms with Gasteiger partial charge in [0.15, 0.2) is 0 Å². The number of aromatic nitrogens is 3. The van der Waals surface area contributed by atoms with Gasteiger partial charge in [-0.15, -0.1) is 0 Å². The van der Waals surface area contributed by atoms with Crippen molar-refractivity contribution in [2.75, 3.05) is 26.7 Å². The Morgan fingerprint density at radius 1 is 1.22 bits per heavy atom. The summed E-state index contributed by atoms with van der Waals surface area (Å²) in [7, 11) is 2.07. The Kier molecular flexibility index (Phi) is 3.38. The second-order valence-electron chi connectivity index (χ2n) is 6.00. The van der Waals surface area contributed by atoms with Gasteiger partial charge in [0.05, 0.1) is 6.04 Å². The van der Waals surface area contributed by atoms with Gasteiger partial charge in [-0.1, -0.05) is 6.07 Å². The Morgan fingerprint density at radius 2 is 2.13 bits per heavy atom. The Morgan fingerprint density at radius 3 is 2.96 bits per heavy atom. The van der Waals surface area contributed by atoms with E-state index in [4.69, 9.17) is 0 Å². The fraction of sp³-hybridized carbons (Fsp3) is 0.294. The number of piperazine rings is 1. The molecular formula is C17H19N5O. The summed E-state index contributed by atoms with van der Waals surface area (Å²) in [4.78, 5) is 27.7. The fourth-order valence-corrected chi connectivity index (χ4v) is 3.18. The lowest BCUT2D eigenvalue weighted by Gasteiger charge is -2.38. The number of rotatable bonds is 2. The number of carbonyl (C=O) groups is 1. The molecule has 1 amide bonds. The highest BCUT2D eigenvalue weighted by molar-refractivity contribution is 5.98. The quantitative estimate of drug-likeness (QED) is 0.761. The first-order valence-electron chi connectivity index (χ1n) is 7.78. The van der Waals surface area contributed by atoms with Gasteiger partial charge in [-0.3, -0.25) is 9.69 Å². The van der Waals surface area contributed by atoms with Crippen LogP contribution >= 0.6 is 0 Å². The van der Waals surface area contributed by atoms with Gasteiger partial charge in [0, 0.05) is 49.3 Å². The van der Waals surface area contributed by atoms with Crippen molar-refractivity contribution in [3.63, 3.8) is 0 Å². The summed E-state index contributed by atoms with van der Waals surface area (Å²) in [6.45, 7) is 2.21. The predicted octanol–water partition coefficient (Wildman–Crippen LogP) is 2.02. The second-order valence-corrected chi connectivity index (χ2v) is 6.00. The van der Waals surface area contributed by atoms with Crippen LogP contribution in [0.4, 0.5) is 0 Å². The van der Waals surface area contributed by atoms with Gasteiger partial charge in [0.25, 0.3) is 5.91 Å². The van der Waals surface area contributed by atoms with Crippen molar-refractivity contribution in [1.82, 2.24) is 24.8 Å². The van der Waals surface area contributed by atoms with E-state index in [2.05, 4.69) is 26.9 Å². The molecule has 6 nitrogen and oxygen atoms in total. The molecule has 118 valence electrons. The average molecular weight is 309 g/mol. The topological polar surface area (TPSA) is 68.0 Å². The van der Waals surface area contributed by atoms with Crippen LogP contribution in [-0.2, 0) is 0 Å². The van der Waals surface area contributed by atoms with Crippen molar-refractivity contribution in [1.29, 1.82) is 0 Å². The summed E-state index contributed by atoms with van der Waals surface area (Å²) in [6.07, 6.45) is 5.47. The molecule has 3 heterocycles. The molecule has 0 unspecified atom stereocenters. The van der Waals surface area contributed by atoms with E-state index in [0.29, 0.717) is 6.54 Å². The molecule has 1 aromatic carbocycles. The van der Waals surface area contributed by atoms with Gasteiger partial charge in [-0.2, -0.15) is 0 Å². The summed E-state index contributed by atoms with van der Waals surface area (Å²) in [5, 5.41) is 1.12. The summed E-state index contributed by atoms with van der Waals surface area (Å²) in [5.74, 6) is 0.982. The highest BCUT2D eigenvalue weighted by atomic mass is 16.2. The molecule has 0 saturated carbocycles. The summed E-state index contributed by atoms with van der Waals surface area (Å²) in [5.41, 5.74) is 1.72. The number of nitrogens with zero attached hydrogens (tertiary/aromatic N) is 3. The Labute approximate surface area is 134 Å². The van der Waals surface area contributed by atoms with Gasteiger partial charge in [-0.05, 0) is 30.6 Å². The van der Waals surface area contributed by atoms with E-state index >= 15 is 0 Å². The molecule has 23 heavy (non-hydrogen) atoms. The minimum absolute atomic E-state index is 0.0751. The van der Waals surface area contributed by atoms with Crippen LogP contribution in [0.1, 0.15) is 22.2 Å². The monoisotopic (exact) mass is 309 g/mol. The molecule has 0 bridgehead atoms. The second kappa shape index (κ2) is 5.55. The van der Waals surface area contributed by atoms with Crippen molar-refractivity contribution >= 4 is 16.8 Å². The van der Waals surface area contributed by atoms with E-state index < -0.39 is 0 Å². The molecule has 4 rings (SSSR count). The molecule has 2 aromatic heterocycles. The highest BCUT2D eigenvalue weighted by Crippen LogP contribution is 2.23. The molecule has 1 saturated heterocycles. The molecule has 1 atom stereocenters. The SMILES string of the molecule is CN1CCN(C(=O)c2ccc3cc[nH]c3c2)C[C@H]1c1ncc[nH]1. The Balaban J connectivity index is 1.58. The van der Waals surface area contributed by atoms with Crippen molar-refractivity contribution in [3.05, 3.63) is 54.2 Å². The summed E-state index contributed by atoms with van der Waals surface area (Å²) < 4.78 is 0. The normalized spacial score (nSPS) is 19.3. The number of hydrogen-bond donors (Lipinski definition) is 2. The molecule has 1 aliphatic heterocycles. The van der Waals surface area contributed by atoms with E-state index in [1.807, 2.05) is 41.6 Å². The maximum Gasteiger partial charge on any atom is 0.254 e. The maximum absolute atomic E-state index is 12.9. The van der Waals surface area contributed by atoms with Crippen LogP contribution in [0, 0.1) is 0 Å². The highest BCUT2D eigenvalue weighted by Gasteiger charge is 2.30. The van der Waals surface area contributed by atoms with Gasteiger partial charge in [0.1, 0.15) is 5.82 Å². The number of benzene rings is 1. The molecule has 6 heteroatoms. The molecule has 0 spiro atoms. The number of amides is 1. The number of H-pyrrole nitrogens is 2. The van der Waals surface area contributed by atoms with Crippen molar-refractivity contribution in [3.8, 4) is 0 Å². The molecule has 2 N–H and O–H groups in total. The average Bonchev–Trinajstić information content (AvgIpc) is 3.25. The van der Waals surface area contributed by atoms with Crippen LogP contribution in [-0.4, -0.2) is 57.3 Å². The lowest BCUT2D eigenvalue weighted by Crippen LogP contribution is -2.49. The van der Waals surface area contributed by atoms with E-state index in [1.54, 1.807) is 6.20 Å². The standard InChI is InChI=1S/C17H19N5O/c1-21-8-9-22(11-15(21)16-19-6-7-20-16)17(23)13-3-2-12-4-5-18-14(12)10-13/h2-7,10,15,18H,8-9,11H2,1H3,(H,19,20)/t15-/m0/s1. The minimum atomic E-state index is 0.0751. The Hall–Kier alpha value is -2.60. The molecule has 1 aliphatic rings. The van der Waals surface area contributed by atoms with E-state index in [9.17, 15) is 4.79 Å². The van der Waals surface area contributed by atoms with Crippen molar-refractivity contribution in [2.24, 2.45) is 0 Å². The van der Waals surface area contributed by atoms with E-state index in [0.717, 1.165) is 35.4 Å². The first kappa shape index (κ1) is 14.0. The first-order chi connectivity index (χ1) is 11.2. The third kappa shape index (κ3) is 2.51. The fourth-order valence-electron chi connectivity index (χ4n) is 3.18. The molecule has 0 aliphatic carbocycles. The predicted molar refractivity (Wildman–Crippen MR) is 88.2 cm³/mol. The van der Waals surface area contributed by atoms with Crippen LogP contribution < -0.4 is 0 Å². The number of imidazole rings is 1. The number of hydrogen-bond acceptors (Lipinski definition) is 3.